The summed E-state index contributed by atoms with van der Waals surface area (Å²) in [6, 6.07) is 12.5. The Morgan fingerprint density at radius 1 is 1.09 bits per heavy atom. The summed E-state index contributed by atoms with van der Waals surface area (Å²) < 4.78 is 51.5. The number of rotatable bonds is 15. The summed E-state index contributed by atoms with van der Waals surface area (Å²) in [6.07, 6.45) is 4.97. The number of hydrogen-bond acceptors (Lipinski definition) is 15. The number of β-amino-alcohol motifs (C(OH)–C–C–N with tert-alkyl or cyclic N) is 1. The molecule has 5 heterocycles. The Balaban J connectivity index is 0.869. The van der Waals surface area contributed by atoms with Crippen LogP contribution in [0.4, 0.5) is 26.0 Å². The van der Waals surface area contributed by atoms with E-state index in [1.165, 1.54) is 36.4 Å². The number of anilines is 3. The number of aliphatic hydroxyl groups is 1. The normalized spacial score (nSPS) is 18.3. The first kappa shape index (κ1) is 45.7. The van der Waals surface area contributed by atoms with Crippen LogP contribution in [-0.4, -0.2) is 124 Å². The van der Waals surface area contributed by atoms with Gasteiger partial charge in [-0.1, -0.05) is 6.92 Å². The number of likely N-dealkylation sites (tertiary alicyclic amines) is 1. The number of amides is 2. The number of nitriles is 1. The molecule has 0 aliphatic carbocycles. The topological polar surface area (TPSA) is 186 Å². The summed E-state index contributed by atoms with van der Waals surface area (Å²) >= 11 is 1.27. The van der Waals surface area contributed by atoms with Crippen molar-refractivity contribution in [2.45, 2.75) is 62.7 Å². The molecule has 344 valence electrons. The Labute approximate surface area is 379 Å². The van der Waals surface area contributed by atoms with E-state index in [9.17, 15) is 24.8 Å². The van der Waals surface area contributed by atoms with Crippen LogP contribution >= 0.6 is 12.1 Å². The van der Waals surface area contributed by atoms with Crippen molar-refractivity contribution < 1.29 is 33.0 Å². The second kappa shape index (κ2) is 18.9. The average Bonchev–Trinajstić information content (AvgIpc) is 3.86. The lowest BCUT2D eigenvalue weighted by molar-refractivity contribution is -0.125. The Bertz CT molecular complexity index is 2690. The van der Waals surface area contributed by atoms with Crippen LogP contribution in [0.3, 0.4) is 0 Å². The molecule has 1 spiro atoms. The van der Waals surface area contributed by atoms with Gasteiger partial charge in [0.2, 0.25) is 12.3 Å². The third-order valence-corrected chi connectivity index (χ3v) is 13.9. The number of carbonyl (C=O) groups is 2. The van der Waals surface area contributed by atoms with Gasteiger partial charge >= 0.3 is 0 Å². The standard InChI is InChI=1S/C45H53F2N11O6S/c1-5-54(3)65-52-37-9-7-34(46)41(33(37)24-48)64-30-6-8-36-31(20-30)43(61)58(27-49-36)29-23-45(63-25-29)13-16-56(17-14-45)26-44(62)11-18-57(19-12-44)39-22-38-32(21-35(39)47)42(51-55(38)4)53(2)15-10-40(60)50-28-59/h6-9,20-22,27-29,52,62H,5,10-19,23,25-26H2,1-4H3,(H,50,59,60). The van der Waals surface area contributed by atoms with Crippen LogP contribution in [-0.2, 0) is 21.4 Å². The second-order valence-electron chi connectivity index (χ2n) is 17.3. The van der Waals surface area contributed by atoms with Crippen LogP contribution in [0.1, 0.15) is 57.1 Å². The molecular formula is C45H53F2N11O6S. The van der Waals surface area contributed by atoms with Gasteiger partial charge < -0.3 is 34.0 Å². The first-order valence-corrected chi connectivity index (χ1v) is 22.5. The Morgan fingerprint density at radius 3 is 2.58 bits per heavy atom. The third-order valence-electron chi connectivity index (χ3n) is 13.0. The number of carbonyl (C=O) groups excluding carboxylic acids is 2. The monoisotopic (exact) mass is 913 g/mol. The maximum atomic E-state index is 15.8. The number of ether oxygens (including phenoxy) is 2. The van der Waals surface area contributed by atoms with E-state index in [1.54, 1.807) is 52.8 Å². The van der Waals surface area contributed by atoms with E-state index in [4.69, 9.17) is 9.47 Å². The zero-order chi connectivity index (χ0) is 46.0. The van der Waals surface area contributed by atoms with E-state index in [1.807, 2.05) is 29.2 Å². The van der Waals surface area contributed by atoms with Gasteiger partial charge in [-0.25, -0.2) is 18.1 Å². The minimum Gasteiger partial charge on any atom is -0.453 e. The Hall–Kier alpha value is -5.85. The van der Waals surface area contributed by atoms with E-state index in [-0.39, 0.29) is 35.1 Å². The molecule has 0 bridgehead atoms. The lowest BCUT2D eigenvalue weighted by atomic mass is 9.85. The molecule has 17 nitrogen and oxygen atoms in total. The summed E-state index contributed by atoms with van der Waals surface area (Å²) in [6.45, 7) is 6.19. The van der Waals surface area contributed by atoms with E-state index in [0.29, 0.717) is 105 Å². The van der Waals surface area contributed by atoms with Gasteiger partial charge in [-0.15, -0.1) is 0 Å². The van der Waals surface area contributed by atoms with Crippen LogP contribution in [0.15, 0.2) is 53.6 Å². The first-order valence-electron chi connectivity index (χ1n) is 21.7. The molecule has 1 unspecified atom stereocenters. The fraction of sp³-hybridized carbons (Fsp3) is 0.467. The fourth-order valence-corrected chi connectivity index (χ4v) is 9.64. The molecule has 3 aliphatic rings. The van der Waals surface area contributed by atoms with Crippen LogP contribution in [0.25, 0.3) is 21.8 Å². The molecule has 3 aromatic carbocycles. The molecule has 65 heavy (non-hydrogen) atoms. The highest BCUT2D eigenvalue weighted by atomic mass is 32.2. The summed E-state index contributed by atoms with van der Waals surface area (Å²) in [7, 11) is 5.43. The molecule has 20 heteroatoms. The van der Waals surface area contributed by atoms with Crippen LogP contribution in [0, 0.1) is 23.0 Å². The molecule has 1 atom stereocenters. The van der Waals surface area contributed by atoms with Crippen molar-refractivity contribution in [3.05, 3.63) is 76.3 Å². The molecule has 3 N–H and O–H groups in total. The average molecular weight is 914 g/mol. The maximum absolute atomic E-state index is 15.8. The highest BCUT2D eigenvalue weighted by molar-refractivity contribution is 7.98. The van der Waals surface area contributed by atoms with Crippen molar-refractivity contribution in [2.75, 3.05) is 81.0 Å². The van der Waals surface area contributed by atoms with Crippen LogP contribution in [0.5, 0.6) is 11.5 Å². The number of fused-ring (bicyclic) bond motifs is 2. The van der Waals surface area contributed by atoms with Crippen LogP contribution in [0.2, 0.25) is 0 Å². The molecule has 8 rings (SSSR count). The van der Waals surface area contributed by atoms with E-state index < -0.39 is 28.7 Å². The number of hydrogen-bond donors (Lipinski definition) is 3. The number of nitrogens with one attached hydrogen (secondary N) is 2. The molecule has 2 aromatic heterocycles. The molecule has 3 aliphatic heterocycles. The van der Waals surface area contributed by atoms with Crippen molar-refractivity contribution in [1.29, 1.82) is 5.26 Å². The summed E-state index contributed by atoms with van der Waals surface area (Å²) in [5.41, 5.74) is 0.370. The molecule has 3 saturated heterocycles. The van der Waals surface area contributed by atoms with Gasteiger partial charge in [0, 0.05) is 83.8 Å². The van der Waals surface area contributed by atoms with Gasteiger partial charge in [-0.05, 0) is 81.6 Å². The smallest absolute Gasteiger partial charge is 0.261 e. The zero-order valence-electron chi connectivity index (χ0n) is 36.9. The van der Waals surface area contributed by atoms with Crippen molar-refractivity contribution in [3.63, 3.8) is 0 Å². The fourth-order valence-electron chi connectivity index (χ4n) is 9.09. The number of piperidine rings is 2. The van der Waals surface area contributed by atoms with Crippen molar-refractivity contribution in [2.24, 2.45) is 7.05 Å². The number of aryl methyl sites for hydroxylation is 1. The zero-order valence-corrected chi connectivity index (χ0v) is 37.7. The SMILES string of the molecule is CCN(C)SNc1ccc(F)c(Oc2ccc3ncn(C4COC5(CCN(CC6(O)CCN(c7cc8c(cc7F)c(N(C)CCC(=O)NC=O)nn8C)CC6)CC5)C4)c(=O)c3c2)c1C#N. The number of imide groups is 1. The van der Waals surface area contributed by atoms with E-state index >= 15 is 8.78 Å². The largest absolute Gasteiger partial charge is 0.453 e. The van der Waals surface area contributed by atoms with Crippen molar-refractivity contribution >= 4 is 63.4 Å². The number of benzene rings is 3. The van der Waals surface area contributed by atoms with Gasteiger partial charge in [-0.3, -0.25) is 28.9 Å². The predicted octanol–water partition coefficient (Wildman–Crippen LogP) is 5.08. The van der Waals surface area contributed by atoms with Gasteiger partial charge in [0.05, 0.1) is 58.0 Å². The van der Waals surface area contributed by atoms with E-state index in [0.717, 1.165) is 24.9 Å². The van der Waals surface area contributed by atoms with Gasteiger partial charge in [0.25, 0.3) is 5.56 Å². The van der Waals surface area contributed by atoms with Gasteiger partial charge in [-0.2, -0.15) is 10.4 Å². The number of nitrogens with zero attached hydrogens (tertiary/aromatic N) is 9. The molecule has 3 fully saturated rings. The Kier molecular flexibility index (Phi) is 13.3. The molecular weight excluding hydrogens is 861 g/mol. The first-order chi connectivity index (χ1) is 31.2. The molecule has 2 amide bonds. The highest BCUT2D eigenvalue weighted by Gasteiger charge is 2.45. The molecule has 0 saturated carbocycles. The number of aromatic nitrogens is 4. The van der Waals surface area contributed by atoms with Gasteiger partial charge in [0.15, 0.2) is 17.4 Å². The minimum absolute atomic E-state index is 0.00264. The van der Waals surface area contributed by atoms with Crippen molar-refractivity contribution in [1.82, 2.24) is 33.9 Å². The van der Waals surface area contributed by atoms with E-state index in [2.05, 4.69) is 25.0 Å². The Morgan fingerprint density at radius 2 is 1.86 bits per heavy atom. The molecule has 5 aromatic rings. The molecule has 0 radical (unpaired) electrons. The lowest BCUT2D eigenvalue weighted by Crippen LogP contribution is -2.54. The summed E-state index contributed by atoms with van der Waals surface area (Å²) in [5.74, 6) is -1.05. The lowest BCUT2D eigenvalue weighted by Gasteiger charge is -2.45. The summed E-state index contributed by atoms with van der Waals surface area (Å²) in [4.78, 5) is 46.9. The van der Waals surface area contributed by atoms with Crippen LogP contribution < -0.4 is 30.1 Å². The third kappa shape index (κ3) is 9.61. The maximum Gasteiger partial charge on any atom is 0.261 e. The second-order valence-corrected chi connectivity index (χ2v) is 18.3. The van der Waals surface area contributed by atoms with Gasteiger partial charge in [0.1, 0.15) is 23.2 Å². The quantitative estimate of drug-likeness (QED) is 0.0933. The number of halogens is 2. The predicted molar refractivity (Wildman–Crippen MR) is 244 cm³/mol. The van der Waals surface area contributed by atoms with Crippen molar-refractivity contribution in [3.8, 4) is 17.6 Å². The summed E-state index contributed by atoms with van der Waals surface area (Å²) in [5, 5.41) is 29.3. The highest BCUT2D eigenvalue weighted by Crippen LogP contribution is 2.42. The minimum atomic E-state index is -0.946.